The highest BCUT2D eigenvalue weighted by molar-refractivity contribution is 5.54. The van der Waals surface area contributed by atoms with Crippen LogP contribution < -0.4 is 10.6 Å². The van der Waals surface area contributed by atoms with E-state index in [1.54, 1.807) is 6.07 Å². The fourth-order valence-corrected chi connectivity index (χ4v) is 1.93. The molecular formula is C12H17FN2. The molecule has 0 saturated heterocycles. The average molecular weight is 208 g/mol. The quantitative estimate of drug-likeness (QED) is 0.821. The summed E-state index contributed by atoms with van der Waals surface area (Å²) in [6.45, 7) is 1.33. The highest BCUT2D eigenvalue weighted by Gasteiger charge is 2.24. The first-order valence-electron chi connectivity index (χ1n) is 5.41. The second kappa shape index (κ2) is 4.19. The summed E-state index contributed by atoms with van der Waals surface area (Å²) in [6.07, 6.45) is 2.55. The molecule has 0 aliphatic heterocycles. The predicted molar refractivity (Wildman–Crippen MR) is 60.3 cm³/mol. The Balaban J connectivity index is 2.22. The van der Waals surface area contributed by atoms with E-state index < -0.39 is 0 Å². The molecule has 2 nitrogen and oxygen atoms in total. The number of nitrogens with two attached hydrogens (primary N) is 1. The Morgan fingerprint density at radius 3 is 2.80 bits per heavy atom. The minimum atomic E-state index is -0.166. The number of anilines is 1. The number of hydrogen-bond donors (Lipinski definition) is 1. The number of hydrogen-bond acceptors (Lipinski definition) is 2. The maximum absolute atomic E-state index is 13.7. The first-order chi connectivity index (χ1) is 7.22. The summed E-state index contributed by atoms with van der Waals surface area (Å²) in [5, 5.41) is 0. The Hall–Kier alpha value is -1.09. The molecule has 1 saturated carbocycles. The standard InChI is InChI=1S/C12H17FN2/c1-15(8-9-5-6-9)12-10(7-14)3-2-4-11(12)13/h2-4,9H,5-8,14H2,1H3. The molecule has 0 radical (unpaired) electrons. The van der Waals surface area contributed by atoms with E-state index in [-0.39, 0.29) is 5.82 Å². The van der Waals surface area contributed by atoms with Gasteiger partial charge in [0, 0.05) is 20.1 Å². The summed E-state index contributed by atoms with van der Waals surface area (Å²) in [4.78, 5) is 2.00. The van der Waals surface area contributed by atoms with Crippen LogP contribution in [0.15, 0.2) is 18.2 Å². The molecule has 0 aromatic heterocycles. The number of rotatable bonds is 4. The summed E-state index contributed by atoms with van der Waals surface area (Å²) in [5.41, 5.74) is 7.17. The molecule has 0 heterocycles. The van der Waals surface area contributed by atoms with Crippen molar-refractivity contribution in [3.63, 3.8) is 0 Å². The third-order valence-electron chi connectivity index (χ3n) is 2.90. The maximum Gasteiger partial charge on any atom is 0.146 e. The minimum Gasteiger partial charge on any atom is -0.372 e. The molecule has 0 spiro atoms. The molecule has 1 aromatic rings. The van der Waals surface area contributed by atoms with Gasteiger partial charge >= 0.3 is 0 Å². The van der Waals surface area contributed by atoms with Gasteiger partial charge in [0.2, 0.25) is 0 Å². The predicted octanol–water partition coefficient (Wildman–Crippen LogP) is 2.13. The van der Waals surface area contributed by atoms with Gasteiger partial charge in [0.25, 0.3) is 0 Å². The zero-order valence-corrected chi connectivity index (χ0v) is 9.04. The zero-order chi connectivity index (χ0) is 10.8. The van der Waals surface area contributed by atoms with Gasteiger partial charge < -0.3 is 10.6 Å². The average Bonchev–Trinajstić information content (AvgIpc) is 3.00. The molecule has 15 heavy (non-hydrogen) atoms. The van der Waals surface area contributed by atoms with Crippen LogP contribution in [0.2, 0.25) is 0 Å². The Labute approximate surface area is 89.9 Å². The highest BCUT2D eigenvalue weighted by atomic mass is 19.1. The van der Waals surface area contributed by atoms with Crippen LogP contribution in [0, 0.1) is 11.7 Å². The Bertz CT molecular complexity index is 347. The summed E-state index contributed by atoms with van der Waals surface area (Å²) in [5.74, 6) is 0.585. The van der Waals surface area contributed by atoms with Crippen molar-refractivity contribution >= 4 is 5.69 Å². The van der Waals surface area contributed by atoms with Crippen molar-refractivity contribution in [3.8, 4) is 0 Å². The van der Waals surface area contributed by atoms with Crippen LogP contribution in [0.5, 0.6) is 0 Å². The van der Waals surface area contributed by atoms with Gasteiger partial charge in [0.05, 0.1) is 5.69 Å². The van der Waals surface area contributed by atoms with E-state index in [0.717, 1.165) is 18.0 Å². The molecule has 0 atom stereocenters. The lowest BCUT2D eigenvalue weighted by molar-refractivity contribution is 0.616. The van der Waals surface area contributed by atoms with Crippen LogP contribution in [0.4, 0.5) is 10.1 Å². The van der Waals surface area contributed by atoms with Crippen molar-refractivity contribution in [1.29, 1.82) is 0 Å². The van der Waals surface area contributed by atoms with Crippen LogP contribution in [0.25, 0.3) is 0 Å². The lowest BCUT2D eigenvalue weighted by Gasteiger charge is -2.22. The van der Waals surface area contributed by atoms with Crippen molar-refractivity contribution in [2.75, 3.05) is 18.5 Å². The maximum atomic E-state index is 13.7. The topological polar surface area (TPSA) is 29.3 Å². The first-order valence-corrected chi connectivity index (χ1v) is 5.41. The smallest absolute Gasteiger partial charge is 0.146 e. The van der Waals surface area contributed by atoms with Gasteiger partial charge in [-0.3, -0.25) is 0 Å². The molecule has 2 N–H and O–H groups in total. The van der Waals surface area contributed by atoms with E-state index in [1.165, 1.54) is 18.9 Å². The second-order valence-corrected chi connectivity index (χ2v) is 4.28. The SMILES string of the molecule is CN(CC1CC1)c1c(F)cccc1CN. The van der Waals surface area contributed by atoms with Gasteiger partial charge in [-0.05, 0) is 30.4 Å². The zero-order valence-electron chi connectivity index (χ0n) is 9.04. The van der Waals surface area contributed by atoms with E-state index >= 15 is 0 Å². The third-order valence-corrected chi connectivity index (χ3v) is 2.90. The molecule has 0 unspecified atom stereocenters. The molecule has 82 valence electrons. The Kier molecular flexibility index (Phi) is 2.91. The molecule has 2 rings (SSSR count). The summed E-state index contributed by atoms with van der Waals surface area (Å²) < 4.78 is 13.7. The fourth-order valence-electron chi connectivity index (χ4n) is 1.93. The van der Waals surface area contributed by atoms with Crippen LogP contribution in [-0.2, 0) is 6.54 Å². The highest BCUT2D eigenvalue weighted by Crippen LogP contribution is 2.32. The van der Waals surface area contributed by atoms with E-state index in [0.29, 0.717) is 12.2 Å². The van der Waals surface area contributed by atoms with Crippen LogP contribution in [0.3, 0.4) is 0 Å². The normalized spacial score (nSPS) is 15.4. The molecule has 0 bridgehead atoms. The van der Waals surface area contributed by atoms with Gasteiger partial charge in [-0.15, -0.1) is 0 Å². The van der Waals surface area contributed by atoms with Crippen molar-refractivity contribution in [2.24, 2.45) is 11.7 Å². The summed E-state index contributed by atoms with van der Waals surface area (Å²) >= 11 is 0. The van der Waals surface area contributed by atoms with Gasteiger partial charge in [-0.2, -0.15) is 0 Å². The van der Waals surface area contributed by atoms with Crippen LogP contribution >= 0.6 is 0 Å². The van der Waals surface area contributed by atoms with Crippen molar-refractivity contribution in [3.05, 3.63) is 29.6 Å². The molecule has 1 fully saturated rings. The number of halogens is 1. The molecule has 1 aromatic carbocycles. The molecule has 1 aliphatic carbocycles. The van der Waals surface area contributed by atoms with Crippen molar-refractivity contribution in [2.45, 2.75) is 19.4 Å². The van der Waals surface area contributed by atoms with E-state index in [9.17, 15) is 4.39 Å². The molecular weight excluding hydrogens is 191 g/mol. The van der Waals surface area contributed by atoms with E-state index in [2.05, 4.69) is 0 Å². The van der Waals surface area contributed by atoms with E-state index in [4.69, 9.17) is 5.73 Å². The molecule has 0 amide bonds. The van der Waals surface area contributed by atoms with Crippen molar-refractivity contribution in [1.82, 2.24) is 0 Å². The summed E-state index contributed by atoms with van der Waals surface area (Å²) in [7, 11) is 1.94. The lowest BCUT2D eigenvalue weighted by Crippen LogP contribution is -2.23. The Morgan fingerprint density at radius 1 is 1.47 bits per heavy atom. The monoisotopic (exact) mass is 208 g/mol. The number of benzene rings is 1. The van der Waals surface area contributed by atoms with Gasteiger partial charge in [0.1, 0.15) is 5.82 Å². The van der Waals surface area contributed by atoms with E-state index in [1.807, 2.05) is 18.0 Å². The molecule has 1 aliphatic rings. The number of para-hydroxylation sites is 1. The van der Waals surface area contributed by atoms with Gasteiger partial charge in [0.15, 0.2) is 0 Å². The lowest BCUT2D eigenvalue weighted by atomic mass is 10.1. The molecule has 3 heteroatoms. The third kappa shape index (κ3) is 2.29. The Morgan fingerprint density at radius 2 is 2.20 bits per heavy atom. The fraction of sp³-hybridized carbons (Fsp3) is 0.500. The van der Waals surface area contributed by atoms with Gasteiger partial charge in [-0.1, -0.05) is 12.1 Å². The van der Waals surface area contributed by atoms with Crippen LogP contribution in [-0.4, -0.2) is 13.6 Å². The first kappa shape index (κ1) is 10.4. The van der Waals surface area contributed by atoms with Crippen LogP contribution in [0.1, 0.15) is 18.4 Å². The minimum absolute atomic E-state index is 0.166. The largest absolute Gasteiger partial charge is 0.372 e. The van der Waals surface area contributed by atoms with Gasteiger partial charge in [-0.25, -0.2) is 4.39 Å². The van der Waals surface area contributed by atoms with Crippen molar-refractivity contribution < 1.29 is 4.39 Å². The second-order valence-electron chi connectivity index (χ2n) is 4.28. The number of nitrogens with zero attached hydrogens (tertiary/aromatic N) is 1. The summed E-state index contributed by atoms with van der Waals surface area (Å²) in [6, 6.07) is 5.10.